The van der Waals surface area contributed by atoms with Crippen molar-refractivity contribution in [2.45, 2.75) is 13.8 Å². The summed E-state index contributed by atoms with van der Waals surface area (Å²) in [6, 6.07) is 10.8. The Morgan fingerprint density at radius 3 is 2.44 bits per heavy atom. The van der Waals surface area contributed by atoms with E-state index in [4.69, 9.17) is 11.6 Å². The number of rotatable bonds is 5. The van der Waals surface area contributed by atoms with Crippen LogP contribution < -0.4 is 4.90 Å². The number of benzene rings is 1. The minimum absolute atomic E-state index is 0.102. The average molecular weight is 373 g/mol. The van der Waals surface area contributed by atoms with Gasteiger partial charge in [-0.3, -0.25) is 14.7 Å². The van der Waals surface area contributed by atoms with Crippen LogP contribution in [0.4, 0.5) is 5.13 Å². The number of hydrogen-bond acceptors (Lipinski definition) is 5. The van der Waals surface area contributed by atoms with Crippen LogP contribution in [-0.4, -0.2) is 27.6 Å². The van der Waals surface area contributed by atoms with Gasteiger partial charge in [0.2, 0.25) is 5.13 Å². The highest BCUT2D eigenvalue weighted by molar-refractivity contribution is 7.18. The molecule has 2 heterocycles. The third-order valence-corrected chi connectivity index (χ3v) is 4.70. The molecule has 0 N–H and O–H groups in total. The smallest absolute Gasteiger partial charge is 0.260 e. The van der Waals surface area contributed by atoms with Gasteiger partial charge in [-0.25, -0.2) is 0 Å². The molecule has 0 unspecified atom stereocenters. The topological polar surface area (TPSA) is 59.0 Å². The zero-order chi connectivity index (χ0) is 17.8. The molecule has 7 heteroatoms. The minimum Gasteiger partial charge on any atom is -0.282 e. The Hall–Kier alpha value is -2.31. The van der Waals surface area contributed by atoms with Gasteiger partial charge < -0.3 is 0 Å². The Morgan fingerprint density at radius 1 is 1.12 bits per heavy atom. The molecule has 128 valence electrons. The van der Waals surface area contributed by atoms with Crippen LogP contribution in [0.25, 0.3) is 10.6 Å². The first-order valence-electron chi connectivity index (χ1n) is 7.86. The van der Waals surface area contributed by atoms with E-state index >= 15 is 0 Å². The highest BCUT2D eigenvalue weighted by atomic mass is 35.5. The van der Waals surface area contributed by atoms with E-state index in [0.29, 0.717) is 28.2 Å². The average Bonchev–Trinajstić information content (AvgIpc) is 3.10. The summed E-state index contributed by atoms with van der Waals surface area (Å²) >= 11 is 7.32. The van der Waals surface area contributed by atoms with Gasteiger partial charge in [0.15, 0.2) is 0 Å². The molecule has 0 atom stereocenters. The quantitative estimate of drug-likeness (QED) is 0.658. The summed E-state index contributed by atoms with van der Waals surface area (Å²) in [5.74, 6) is 0.198. The van der Waals surface area contributed by atoms with Gasteiger partial charge in [0.05, 0.1) is 0 Å². The Balaban J connectivity index is 1.92. The number of carbonyl (C=O) groups excluding carboxylic acids is 1. The largest absolute Gasteiger partial charge is 0.282 e. The first-order valence-corrected chi connectivity index (χ1v) is 9.05. The summed E-state index contributed by atoms with van der Waals surface area (Å²) in [5, 5.41) is 10.5. The highest BCUT2D eigenvalue weighted by Gasteiger charge is 2.22. The van der Waals surface area contributed by atoms with E-state index in [1.165, 1.54) is 11.3 Å². The summed E-state index contributed by atoms with van der Waals surface area (Å²) in [5.41, 5.74) is 1.51. The Kier molecular flexibility index (Phi) is 5.40. The van der Waals surface area contributed by atoms with Crippen LogP contribution >= 0.6 is 22.9 Å². The van der Waals surface area contributed by atoms with Crippen LogP contribution in [0.15, 0.2) is 48.8 Å². The molecule has 0 aliphatic heterocycles. The van der Waals surface area contributed by atoms with Crippen LogP contribution in [-0.2, 0) is 0 Å². The maximum absolute atomic E-state index is 12.9. The fourth-order valence-electron chi connectivity index (χ4n) is 2.30. The van der Waals surface area contributed by atoms with Crippen molar-refractivity contribution in [2.24, 2.45) is 5.92 Å². The molecule has 5 nitrogen and oxygen atoms in total. The summed E-state index contributed by atoms with van der Waals surface area (Å²) in [7, 11) is 0. The third-order valence-electron chi connectivity index (χ3n) is 3.46. The van der Waals surface area contributed by atoms with Crippen molar-refractivity contribution >= 4 is 34.0 Å². The summed E-state index contributed by atoms with van der Waals surface area (Å²) in [6.45, 7) is 4.69. The minimum atomic E-state index is -0.102. The number of nitrogens with zero attached hydrogens (tertiary/aromatic N) is 4. The zero-order valence-corrected chi connectivity index (χ0v) is 15.5. The van der Waals surface area contributed by atoms with E-state index in [0.717, 1.165) is 10.6 Å². The molecule has 1 amide bonds. The van der Waals surface area contributed by atoms with Gasteiger partial charge in [-0.15, -0.1) is 10.2 Å². The highest BCUT2D eigenvalue weighted by Crippen LogP contribution is 2.30. The lowest BCUT2D eigenvalue weighted by molar-refractivity contribution is 0.0983. The number of carbonyl (C=O) groups is 1. The van der Waals surface area contributed by atoms with E-state index < -0.39 is 0 Å². The van der Waals surface area contributed by atoms with Crippen LogP contribution in [0.3, 0.4) is 0 Å². The van der Waals surface area contributed by atoms with Crippen molar-refractivity contribution in [3.8, 4) is 10.6 Å². The lowest BCUT2D eigenvalue weighted by atomic mass is 10.2. The van der Waals surface area contributed by atoms with Gasteiger partial charge in [0, 0.05) is 35.1 Å². The number of hydrogen-bond donors (Lipinski definition) is 0. The van der Waals surface area contributed by atoms with Crippen molar-refractivity contribution < 1.29 is 4.79 Å². The predicted molar refractivity (Wildman–Crippen MR) is 101 cm³/mol. The van der Waals surface area contributed by atoms with Gasteiger partial charge in [-0.2, -0.15) is 0 Å². The third kappa shape index (κ3) is 4.21. The second kappa shape index (κ2) is 7.72. The summed E-state index contributed by atoms with van der Waals surface area (Å²) in [4.78, 5) is 18.5. The first kappa shape index (κ1) is 17.5. The van der Waals surface area contributed by atoms with Gasteiger partial charge in [0.1, 0.15) is 5.01 Å². The Labute approximate surface area is 155 Å². The molecule has 0 radical (unpaired) electrons. The van der Waals surface area contributed by atoms with Gasteiger partial charge in [0.25, 0.3) is 5.91 Å². The van der Waals surface area contributed by atoms with Crippen molar-refractivity contribution in [3.63, 3.8) is 0 Å². The SMILES string of the molecule is CC(C)CN(C(=O)c1ccncc1)c1nnc(-c2ccc(Cl)cc2)s1. The molecule has 1 aromatic carbocycles. The Morgan fingerprint density at radius 2 is 1.80 bits per heavy atom. The Bertz CT molecular complexity index is 849. The normalized spacial score (nSPS) is 10.9. The van der Waals surface area contributed by atoms with E-state index in [1.807, 2.05) is 24.3 Å². The fourth-order valence-corrected chi connectivity index (χ4v) is 3.28. The van der Waals surface area contributed by atoms with E-state index in [-0.39, 0.29) is 5.91 Å². The van der Waals surface area contributed by atoms with Gasteiger partial charge >= 0.3 is 0 Å². The summed E-state index contributed by atoms with van der Waals surface area (Å²) in [6.07, 6.45) is 3.22. The van der Waals surface area contributed by atoms with E-state index in [2.05, 4.69) is 29.0 Å². The number of anilines is 1. The van der Waals surface area contributed by atoms with Crippen LogP contribution in [0, 0.1) is 5.92 Å². The number of aromatic nitrogens is 3. The number of amides is 1. The molecule has 0 saturated carbocycles. The second-order valence-electron chi connectivity index (χ2n) is 5.94. The van der Waals surface area contributed by atoms with Gasteiger partial charge in [-0.1, -0.05) is 48.9 Å². The van der Waals surface area contributed by atoms with Crippen LogP contribution in [0.1, 0.15) is 24.2 Å². The molecule has 0 bridgehead atoms. The second-order valence-corrected chi connectivity index (χ2v) is 7.33. The van der Waals surface area contributed by atoms with Crippen molar-refractivity contribution in [1.82, 2.24) is 15.2 Å². The fraction of sp³-hybridized carbons (Fsp3) is 0.222. The van der Waals surface area contributed by atoms with Crippen molar-refractivity contribution in [2.75, 3.05) is 11.4 Å². The first-order chi connectivity index (χ1) is 12.0. The maximum atomic E-state index is 12.9. The summed E-state index contributed by atoms with van der Waals surface area (Å²) < 4.78 is 0. The monoisotopic (exact) mass is 372 g/mol. The lowest BCUT2D eigenvalue weighted by Crippen LogP contribution is -2.34. The molecule has 3 aromatic rings. The molecule has 0 aliphatic rings. The molecular formula is C18H17ClN4OS. The number of pyridine rings is 1. The molecule has 0 spiro atoms. The lowest BCUT2D eigenvalue weighted by Gasteiger charge is -2.21. The van der Waals surface area contributed by atoms with E-state index in [9.17, 15) is 4.79 Å². The molecule has 3 rings (SSSR count). The number of halogens is 1. The van der Waals surface area contributed by atoms with Gasteiger partial charge in [-0.05, 0) is 30.2 Å². The predicted octanol–water partition coefficient (Wildman–Crippen LogP) is 4.56. The standard InChI is InChI=1S/C18H17ClN4OS/c1-12(2)11-23(17(24)14-7-9-20-10-8-14)18-22-21-16(25-18)13-3-5-15(19)6-4-13/h3-10,12H,11H2,1-2H3. The molecule has 2 aromatic heterocycles. The maximum Gasteiger partial charge on any atom is 0.260 e. The van der Waals surface area contributed by atoms with Crippen LogP contribution in [0.2, 0.25) is 5.02 Å². The molecule has 25 heavy (non-hydrogen) atoms. The molecule has 0 saturated heterocycles. The van der Waals surface area contributed by atoms with E-state index in [1.54, 1.807) is 29.4 Å². The van der Waals surface area contributed by atoms with Crippen LogP contribution in [0.5, 0.6) is 0 Å². The molecular weight excluding hydrogens is 356 g/mol. The van der Waals surface area contributed by atoms with Crippen molar-refractivity contribution in [1.29, 1.82) is 0 Å². The molecule has 0 fully saturated rings. The van der Waals surface area contributed by atoms with Crippen molar-refractivity contribution in [3.05, 3.63) is 59.4 Å². The zero-order valence-electron chi connectivity index (χ0n) is 13.9. The molecule has 0 aliphatic carbocycles.